The van der Waals surface area contributed by atoms with Crippen LogP contribution in [0.2, 0.25) is 0 Å². The van der Waals surface area contributed by atoms with Crippen LogP contribution in [0.15, 0.2) is 16.9 Å². The number of nitrogens with zero attached hydrogens (tertiary/aromatic N) is 6. The molecule has 2 fully saturated rings. The summed E-state index contributed by atoms with van der Waals surface area (Å²) >= 11 is 0. The van der Waals surface area contributed by atoms with Crippen LogP contribution in [0.25, 0.3) is 0 Å². The van der Waals surface area contributed by atoms with Gasteiger partial charge in [0.2, 0.25) is 5.89 Å². The van der Waals surface area contributed by atoms with E-state index in [0.717, 1.165) is 37.9 Å². The van der Waals surface area contributed by atoms with Crippen LogP contribution in [0.4, 0.5) is 0 Å². The third kappa shape index (κ3) is 3.67. The second-order valence-corrected chi connectivity index (χ2v) is 7.29. The molecule has 24 heavy (non-hydrogen) atoms. The van der Waals surface area contributed by atoms with Crippen molar-refractivity contribution >= 4 is 0 Å². The average molecular weight is 330 g/mol. The molecule has 0 radical (unpaired) electrons. The Bertz CT molecular complexity index is 676. The molecule has 2 aromatic heterocycles. The maximum Gasteiger partial charge on any atom is 0.229 e. The summed E-state index contributed by atoms with van der Waals surface area (Å²) in [4.78, 5) is 9.46. The van der Waals surface area contributed by atoms with E-state index in [1.54, 1.807) is 0 Å². The van der Waals surface area contributed by atoms with E-state index in [-0.39, 0.29) is 0 Å². The molecule has 1 aliphatic heterocycles. The van der Waals surface area contributed by atoms with Crippen molar-refractivity contribution < 1.29 is 4.52 Å². The summed E-state index contributed by atoms with van der Waals surface area (Å²) in [7, 11) is 4.17. The largest absolute Gasteiger partial charge is 0.339 e. The van der Waals surface area contributed by atoms with Gasteiger partial charge in [-0.3, -0.25) is 14.5 Å². The topological polar surface area (TPSA) is 63.2 Å². The van der Waals surface area contributed by atoms with E-state index in [9.17, 15) is 0 Å². The molecule has 1 atom stereocenters. The number of aromatic nitrogens is 4. The van der Waals surface area contributed by atoms with Crippen molar-refractivity contribution in [3.63, 3.8) is 0 Å². The summed E-state index contributed by atoms with van der Waals surface area (Å²) in [5.74, 6) is 2.21. The zero-order chi connectivity index (χ0) is 16.5. The summed E-state index contributed by atoms with van der Waals surface area (Å²) in [6.07, 6.45) is 8.91. The van der Waals surface area contributed by atoms with Gasteiger partial charge in [-0.05, 0) is 39.3 Å². The van der Waals surface area contributed by atoms with Crippen molar-refractivity contribution in [2.45, 2.75) is 50.7 Å². The Hall–Kier alpha value is -1.73. The molecule has 3 heterocycles. The van der Waals surface area contributed by atoms with Gasteiger partial charge in [0.25, 0.3) is 0 Å². The number of likely N-dealkylation sites (tertiary alicyclic amines) is 1. The van der Waals surface area contributed by atoms with Crippen LogP contribution in [-0.4, -0.2) is 55.9 Å². The first kappa shape index (κ1) is 15.8. The second kappa shape index (κ2) is 6.64. The van der Waals surface area contributed by atoms with Gasteiger partial charge in [-0.25, -0.2) is 0 Å². The molecule has 0 aromatic carbocycles. The number of hydrogen-bond acceptors (Lipinski definition) is 6. The lowest BCUT2D eigenvalue weighted by Gasteiger charge is -2.37. The van der Waals surface area contributed by atoms with E-state index >= 15 is 0 Å². The van der Waals surface area contributed by atoms with Gasteiger partial charge in [0.05, 0.1) is 12.7 Å². The Morgan fingerprint density at radius 1 is 1.33 bits per heavy atom. The van der Waals surface area contributed by atoms with Crippen molar-refractivity contribution in [2.24, 2.45) is 7.05 Å². The van der Waals surface area contributed by atoms with E-state index in [4.69, 9.17) is 4.52 Å². The normalized spacial score (nSPS) is 22.4. The molecule has 0 unspecified atom stereocenters. The van der Waals surface area contributed by atoms with E-state index in [0.29, 0.717) is 12.0 Å². The molecule has 0 N–H and O–H groups in total. The van der Waals surface area contributed by atoms with Gasteiger partial charge < -0.3 is 4.52 Å². The molecule has 7 heteroatoms. The fraction of sp³-hybridized carbons (Fsp3) is 0.706. The molecule has 2 aliphatic rings. The lowest BCUT2D eigenvalue weighted by atomic mass is 10.0. The van der Waals surface area contributed by atoms with Gasteiger partial charge in [0, 0.05) is 43.9 Å². The summed E-state index contributed by atoms with van der Waals surface area (Å²) in [5.41, 5.74) is 1.27. The molecule has 130 valence electrons. The predicted molar refractivity (Wildman–Crippen MR) is 89.2 cm³/mol. The lowest BCUT2D eigenvalue weighted by Crippen LogP contribution is -2.45. The first-order valence-electron chi connectivity index (χ1n) is 8.90. The second-order valence-electron chi connectivity index (χ2n) is 7.29. The zero-order valence-electron chi connectivity index (χ0n) is 14.6. The fourth-order valence-electron chi connectivity index (χ4n) is 3.53. The predicted octanol–water partition coefficient (Wildman–Crippen LogP) is 1.78. The van der Waals surface area contributed by atoms with E-state index in [1.807, 2.05) is 17.9 Å². The maximum atomic E-state index is 5.38. The molecular formula is C17H26N6O. The van der Waals surface area contributed by atoms with Gasteiger partial charge in [-0.15, -0.1) is 0 Å². The van der Waals surface area contributed by atoms with Crippen molar-refractivity contribution in [3.8, 4) is 0 Å². The Morgan fingerprint density at radius 2 is 2.21 bits per heavy atom. The van der Waals surface area contributed by atoms with E-state index in [1.165, 1.54) is 31.2 Å². The van der Waals surface area contributed by atoms with Crippen LogP contribution in [0.1, 0.15) is 48.9 Å². The summed E-state index contributed by atoms with van der Waals surface area (Å²) in [6.45, 7) is 3.92. The number of aryl methyl sites for hydroxylation is 1. The van der Waals surface area contributed by atoms with Crippen LogP contribution in [0.5, 0.6) is 0 Å². The number of rotatable bonds is 6. The van der Waals surface area contributed by atoms with E-state index < -0.39 is 0 Å². The standard InChI is InChI=1S/C17H26N6O/c1-21(9-13-8-18-22(2)10-13)15-4-3-7-23(11-15)12-16-19-17(24-20-16)14-5-6-14/h8,10,14-15H,3-7,9,11-12H2,1-2H3/t15-/m0/s1. The fourth-order valence-corrected chi connectivity index (χ4v) is 3.53. The lowest BCUT2D eigenvalue weighted by molar-refractivity contribution is 0.105. The van der Waals surface area contributed by atoms with Gasteiger partial charge in [0.15, 0.2) is 5.82 Å². The quantitative estimate of drug-likeness (QED) is 0.804. The molecule has 4 rings (SSSR count). The van der Waals surface area contributed by atoms with Crippen LogP contribution >= 0.6 is 0 Å². The highest BCUT2D eigenvalue weighted by molar-refractivity contribution is 5.04. The third-order valence-electron chi connectivity index (χ3n) is 5.07. The highest BCUT2D eigenvalue weighted by Gasteiger charge is 2.30. The van der Waals surface area contributed by atoms with Crippen LogP contribution < -0.4 is 0 Å². The monoisotopic (exact) mass is 330 g/mol. The van der Waals surface area contributed by atoms with Gasteiger partial charge in [-0.2, -0.15) is 10.1 Å². The third-order valence-corrected chi connectivity index (χ3v) is 5.07. The van der Waals surface area contributed by atoms with Crippen LogP contribution in [0, 0.1) is 0 Å². The minimum Gasteiger partial charge on any atom is -0.339 e. The van der Waals surface area contributed by atoms with Crippen molar-refractivity contribution in [2.75, 3.05) is 20.1 Å². The highest BCUT2D eigenvalue weighted by atomic mass is 16.5. The zero-order valence-corrected chi connectivity index (χ0v) is 14.6. The summed E-state index contributed by atoms with van der Waals surface area (Å²) in [6, 6.07) is 0.564. The van der Waals surface area contributed by atoms with Crippen LogP contribution in [-0.2, 0) is 20.1 Å². The summed E-state index contributed by atoms with van der Waals surface area (Å²) in [5, 5.41) is 8.42. The van der Waals surface area contributed by atoms with Crippen molar-refractivity contribution in [1.29, 1.82) is 0 Å². The number of hydrogen-bond donors (Lipinski definition) is 0. The Kier molecular flexibility index (Phi) is 4.37. The number of likely N-dealkylation sites (N-methyl/N-ethyl adjacent to an activating group) is 1. The van der Waals surface area contributed by atoms with Gasteiger partial charge in [-0.1, -0.05) is 5.16 Å². The Labute approximate surface area is 142 Å². The van der Waals surface area contributed by atoms with Crippen LogP contribution in [0.3, 0.4) is 0 Å². The highest BCUT2D eigenvalue weighted by Crippen LogP contribution is 2.38. The minimum atomic E-state index is 0.533. The molecule has 1 saturated heterocycles. The smallest absolute Gasteiger partial charge is 0.229 e. The molecule has 1 saturated carbocycles. The molecule has 1 aliphatic carbocycles. The SMILES string of the molecule is CN(Cc1cnn(C)c1)[C@H]1CCCN(Cc2noc(C3CC3)n2)C1. The van der Waals surface area contributed by atoms with Gasteiger partial charge >= 0.3 is 0 Å². The van der Waals surface area contributed by atoms with Gasteiger partial charge in [0.1, 0.15) is 0 Å². The average Bonchev–Trinajstić information content (AvgIpc) is 3.19. The Balaban J connectivity index is 1.32. The molecular weight excluding hydrogens is 304 g/mol. The van der Waals surface area contributed by atoms with E-state index in [2.05, 4.69) is 38.3 Å². The van der Waals surface area contributed by atoms with Crippen molar-refractivity contribution in [3.05, 3.63) is 29.7 Å². The minimum absolute atomic E-state index is 0.533. The molecule has 0 amide bonds. The molecule has 0 bridgehead atoms. The molecule has 2 aromatic rings. The summed E-state index contributed by atoms with van der Waals surface area (Å²) < 4.78 is 7.24. The first-order valence-corrected chi connectivity index (χ1v) is 8.90. The van der Waals surface area contributed by atoms with Crippen molar-refractivity contribution in [1.82, 2.24) is 29.7 Å². The first-order chi connectivity index (χ1) is 11.7. The molecule has 7 nitrogen and oxygen atoms in total. The Morgan fingerprint density at radius 3 is 2.96 bits per heavy atom. The molecule has 0 spiro atoms. The maximum absolute atomic E-state index is 5.38. The number of piperidine rings is 1.